The van der Waals surface area contributed by atoms with Crippen molar-refractivity contribution in [2.75, 3.05) is 0 Å². The molecule has 8 aromatic rings. The van der Waals surface area contributed by atoms with Gasteiger partial charge in [0.2, 0.25) is 0 Å². The summed E-state index contributed by atoms with van der Waals surface area (Å²) < 4.78 is 1.30. The van der Waals surface area contributed by atoms with E-state index in [9.17, 15) is 0 Å². The predicted molar refractivity (Wildman–Crippen MR) is 167 cm³/mol. The second-order valence-electron chi connectivity index (χ2n) is 11.3. The zero-order valence-electron chi connectivity index (χ0n) is 22.4. The second-order valence-corrected chi connectivity index (χ2v) is 12.2. The summed E-state index contributed by atoms with van der Waals surface area (Å²) in [5, 5.41) is 10.9. The van der Waals surface area contributed by atoms with Crippen molar-refractivity contribution >= 4 is 75.8 Å². The van der Waals surface area contributed by atoms with E-state index in [1.54, 1.807) is 11.3 Å². The van der Waals surface area contributed by atoms with Gasteiger partial charge in [0, 0.05) is 38.1 Å². The molecule has 5 heteroatoms. The number of nitrogens with one attached hydrogen (secondary N) is 2. The number of rotatable bonds is 3. The van der Waals surface area contributed by atoms with E-state index in [1.165, 1.54) is 53.5 Å². The summed E-state index contributed by atoms with van der Waals surface area (Å²) in [5.41, 5.74) is 6.84. The maximum absolute atomic E-state index is 4.98. The minimum atomic E-state index is 0.357. The van der Waals surface area contributed by atoms with E-state index in [0.717, 1.165) is 33.7 Å². The molecule has 2 N–H and O–H groups in total. The quantitative estimate of drug-likeness (QED) is 0.226. The fraction of sp³-hybridized carbons (Fsp3) is 0.176. The molecule has 0 unspecified atom stereocenters. The van der Waals surface area contributed by atoms with Crippen LogP contribution in [0.5, 0.6) is 0 Å². The monoisotopic (exact) mass is 524 g/mol. The minimum absolute atomic E-state index is 0.357. The molecule has 0 aliphatic carbocycles. The van der Waals surface area contributed by atoms with Crippen LogP contribution in [-0.2, 0) is 0 Å². The van der Waals surface area contributed by atoms with Gasteiger partial charge in [0.05, 0.1) is 22.1 Å². The summed E-state index contributed by atoms with van der Waals surface area (Å²) in [6, 6.07) is 24.8. The Kier molecular flexibility index (Phi) is 4.74. The van der Waals surface area contributed by atoms with Gasteiger partial charge in [0.25, 0.3) is 0 Å². The van der Waals surface area contributed by atoms with Gasteiger partial charge < -0.3 is 9.97 Å². The van der Waals surface area contributed by atoms with Crippen LogP contribution in [-0.4, -0.2) is 19.9 Å². The topological polar surface area (TPSA) is 57.4 Å². The molecule has 0 fully saturated rings. The number of hydrogen-bond donors (Lipinski definition) is 2. The normalized spacial score (nSPS) is 12.6. The van der Waals surface area contributed by atoms with Crippen LogP contribution in [0, 0.1) is 0 Å². The zero-order valence-corrected chi connectivity index (χ0v) is 23.2. The van der Waals surface area contributed by atoms with Crippen LogP contribution in [0.15, 0.2) is 72.1 Å². The number of benzene rings is 5. The van der Waals surface area contributed by atoms with Gasteiger partial charge in [-0.1, -0.05) is 70.2 Å². The number of aromatic nitrogens is 4. The molecule has 0 radical (unpaired) electrons. The van der Waals surface area contributed by atoms with E-state index in [1.807, 2.05) is 0 Å². The molecular weight excluding hydrogens is 496 g/mol. The lowest BCUT2D eigenvalue weighted by molar-refractivity contribution is 0.799. The molecule has 4 nitrogen and oxygen atoms in total. The van der Waals surface area contributed by atoms with E-state index >= 15 is 0 Å². The zero-order chi connectivity index (χ0) is 26.4. The van der Waals surface area contributed by atoms with Gasteiger partial charge in [0.15, 0.2) is 0 Å². The van der Waals surface area contributed by atoms with Gasteiger partial charge in [-0.05, 0) is 56.9 Å². The molecule has 0 saturated heterocycles. The highest BCUT2D eigenvalue weighted by Gasteiger charge is 2.16. The third-order valence-electron chi connectivity index (χ3n) is 8.09. The Hall–Kier alpha value is -4.22. The van der Waals surface area contributed by atoms with Gasteiger partial charge in [-0.3, -0.25) is 0 Å². The van der Waals surface area contributed by atoms with E-state index in [0.29, 0.717) is 11.8 Å². The first-order valence-electron chi connectivity index (χ1n) is 13.6. The van der Waals surface area contributed by atoms with Crippen molar-refractivity contribution in [3.63, 3.8) is 0 Å². The van der Waals surface area contributed by atoms with Crippen LogP contribution >= 0.6 is 11.3 Å². The van der Waals surface area contributed by atoms with Crippen molar-refractivity contribution in [2.45, 2.75) is 39.5 Å². The average molecular weight is 525 g/mol. The largest absolute Gasteiger partial charge is 0.342 e. The first kappa shape index (κ1) is 22.7. The van der Waals surface area contributed by atoms with Crippen molar-refractivity contribution in [3.05, 3.63) is 83.8 Å². The van der Waals surface area contributed by atoms with Crippen LogP contribution in [0.2, 0.25) is 0 Å². The summed E-state index contributed by atoms with van der Waals surface area (Å²) in [7, 11) is 0. The molecule has 0 atom stereocenters. The summed E-state index contributed by atoms with van der Waals surface area (Å²) in [6.07, 6.45) is 0. The van der Waals surface area contributed by atoms with Crippen LogP contribution < -0.4 is 0 Å². The molecule has 0 spiro atoms. The van der Waals surface area contributed by atoms with Gasteiger partial charge in [-0.25, -0.2) is 9.97 Å². The Bertz CT molecular complexity index is 2240. The molecule has 5 aromatic carbocycles. The Morgan fingerprint density at radius 2 is 1.28 bits per heavy atom. The standard InChI is InChI=1S/C34H28N4S/c1-17(2)33-35-28-12-11-23-22-8-5-19(15-21(22)7-10-24(23)29(28)36-33)20-6-9-25-27(16-20)32-26(13-14-39-32)31-30(25)37-34(38-31)18(3)4/h5-18H,1-4H3,(H,35,36)(H,37,38). The SMILES string of the molecule is CC(C)c1nc2c(ccc3c4ccc(-c5ccc6c(c5)c5sccc5c5nc(C(C)C)[nH]c65)cc4ccc32)[nH]1. The van der Waals surface area contributed by atoms with Crippen molar-refractivity contribution in [3.8, 4) is 11.1 Å². The highest BCUT2D eigenvalue weighted by atomic mass is 32.1. The predicted octanol–water partition coefficient (Wildman–Crippen LogP) is 10.0. The van der Waals surface area contributed by atoms with Crippen LogP contribution in [0.25, 0.3) is 75.6 Å². The molecule has 3 aromatic heterocycles. The molecule has 0 aliphatic heterocycles. The first-order chi connectivity index (χ1) is 19.0. The van der Waals surface area contributed by atoms with Crippen molar-refractivity contribution < 1.29 is 0 Å². The Labute approximate surface area is 229 Å². The van der Waals surface area contributed by atoms with Gasteiger partial charge in [-0.2, -0.15) is 0 Å². The van der Waals surface area contributed by atoms with Crippen molar-refractivity contribution in [1.29, 1.82) is 0 Å². The summed E-state index contributed by atoms with van der Waals surface area (Å²) >= 11 is 1.80. The number of H-pyrrole nitrogens is 2. The number of aromatic amines is 2. The first-order valence-corrected chi connectivity index (χ1v) is 14.5. The van der Waals surface area contributed by atoms with Crippen molar-refractivity contribution in [1.82, 2.24) is 19.9 Å². The Balaban J connectivity index is 1.31. The fourth-order valence-electron chi connectivity index (χ4n) is 5.98. The molecule has 0 bridgehead atoms. The molecule has 0 aliphatic rings. The van der Waals surface area contributed by atoms with E-state index in [4.69, 9.17) is 9.97 Å². The molecule has 0 saturated carbocycles. The third kappa shape index (κ3) is 3.29. The van der Waals surface area contributed by atoms with Crippen LogP contribution in [0.3, 0.4) is 0 Å². The lowest BCUT2D eigenvalue weighted by Crippen LogP contribution is -1.88. The van der Waals surface area contributed by atoms with Crippen molar-refractivity contribution in [2.24, 2.45) is 0 Å². The number of fused-ring (bicyclic) bond motifs is 11. The summed E-state index contributed by atoms with van der Waals surface area (Å²) in [4.78, 5) is 17.0. The van der Waals surface area contributed by atoms with Crippen LogP contribution in [0.4, 0.5) is 0 Å². The smallest absolute Gasteiger partial charge is 0.109 e. The number of nitrogens with zero attached hydrogens (tertiary/aromatic N) is 2. The number of thiophene rings is 1. The Morgan fingerprint density at radius 1 is 0.590 bits per heavy atom. The minimum Gasteiger partial charge on any atom is -0.342 e. The molecule has 3 heterocycles. The molecular formula is C34H28N4S. The molecule has 190 valence electrons. The Morgan fingerprint density at radius 3 is 2.10 bits per heavy atom. The van der Waals surface area contributed by atoms with Gasteiger partial charge in [-0.15, -0.1) is 11.3 Å². The lowest BCUT2D eigenvalue weighted by atomic mass is 9.95. The molecule has 39 heavy (non-hydrogen) atoms. The van der Waals surface area contributed by atoms with E-state index < -0.39 is 0 Å². The van der Waals surface area contributed by atoms with Gasteiger partial charge >= 0.3 is 0 Å². The summed E-state index contributed by atoms with van der Waals surface area (Å²) in [6.45, 7) is 8.72. The molecule has 0 amide bonds. The number of hydrogen-bond acceptors (Lipinski definition) is 3. The van der Waals surface area contributed by atoms with E-state index in [-0.39, 0.29) is 0 Å². The van der Waals surface area contributed by atoms with Crippen LogP contribution in [0.1, 0.15) is 51.2 Å². The lowest BCUT2D eigenvalue weighted by Gasteiger charge is -2.10. The van der Waals surface area contributed by atoms with E-state index in [2.05, 4.69) is 110 Å². The average Bonchev–Trinajstić information content (AvgIpc) is 3.70. The summed E-state index contributed by atoms with van der Waals surface area (Å²) in [5.74, 6) is 2.81. The molecule has 8 rings (SSSR count). The number of imidazole rings is 2. The fourth-order valence-corrected chi connectivity index (χ4v) is 6.91. The highest BCUT2D eigenvalue weighted by molar-refractivity contribution is 7.18. The maximum Gasteiger partial charge on any atom is 0.109 e. The highest BCUT2D eigenvalue weighted by Crippen LogP contribution is 2.40. The third-order valence-corrected chi connectivity index (χ3v) is 9.03. The maximum atomic E-state index is 4.98. The van der Waals surface area contributed by atoms with Gasteiger partial charge in [0.1, 0.15) is 11.6 Å². The second kappa shape index (κ2) is 8.14.